The SMILES string of the molecule is O=C(CNCc1ccc(Br)cc1[N+](=O)[O-])NC1CC1. The molecule has 1 aromatic rings. The van der Waals surface area contributed by atoms with Gasteiger partial charge in [-0.2, -0.15) is 0 Å². The molecule has 102 valence electrons. The Labute approximate surface area is 118 Å². The summed E-state index contributed by atoms with van der Waals surface area (Å²) in [4.78, 5) is 21.9. The third-order valence-corrected chi connectivity index (χ3v) is 3.28. The number of hydrogen-bond donors (Lipinski definition) is 2. The van der Waals surface area contributed by atoms with Crippen LogP contribution in [-0.2, 0) is 11.3 Å². The van der Waals surface area contributed by atoms with Crippen molar-refractivity contribution < 1.29 is 9.72 Å². The molecule has 7 heteroatoms. The van der Waals surface area contributed by atoms with Gasteiger partial charge in [0.15, 0.2) is 0 Å². The van der Waals surface area contributed by atoms with Crippen molar-refractivity contribution in [3.05, 3.63) is 38.3 Å². The monoisotopic (exact) mass is 327 g/mol. The molecule has 2 rings (SSSR count). The van der Waals surface area contributed by atoms with Gasteiger partial charge in [0.05, 0.1) is 11.5 Å². The first kappa shape index (κ1) is 14.0. The maximum Gasteiger partial charge on any atom is 0.275 e. The zero-order valence-corrected chi connectivity index (χ0v) is 11.8. The fourth-order valence-corrected chi connectivity index (χ4v) is 2.02. The van der Waals surface area contributed by atoms with Gasteiger partial charge in [-0.1, -0.05) is 15.9 Å². The molecule has 1 aliphatic carbocycles. The molecule has 2 N–H and O–H groups in total. The molecular weight excluding hydrogens is 314 g/mol. The smallest absolute Gasteiger partial charge is 0.275 e. The van der Waals surface area contributed by atoms with Crippen LogP contribution in [0.15, 0.2) is 22.7 Å². The summed E-state index contributed by atoms with van der Waals surface area (Å²) in [5.74, 6) is -0.0673. The largest absolute Gasteiger partial charge is 0.352 e. The van der Waals surface area contributed by atoms with Crippen LogP contribution in [0.2, 0.25) is 0 Å². The van der Waals surface area contributed by atoms with Crippen LogP contribution in [0.4, 0.5) is 5.69 Å². The molecule has 1 aromatic carbocycles. The van der Waals surface area contributed by atoms with E-state index >= 15 is 0 Å². The highest BCUT2D eigenvalue weighted by atomic mass is 79.9. The first-order valence-corrected chi connectivity index (χ1v) is 6.78. The van der Waals surface area contributed by atoms with Crippen LogP contribution in [0, 0.1) is 10.1 Å². The molecule has 1 aliphatic rings. The molecule has 0 spiro atoms. The molecule has 0 aliphatic heterocycles. The van der Waals surface area contributed by atoms with Gasteiger partial charge in [-0.3, -0.25) is 14.9 Å². The van der Waals surface area contributed by atoms with E-state index < -0.39 is 4.92 Å². The van der Waals surface area contributed by atoms with Crippen molar-refractivity contribution in [3.8, 4) is 0 Å². The second kappa shape index (κ2) is 6.12. The fraction of sp³-hybridized carbons (Fsp3) is 0.417. The minimum Gasteiger partial charge on any atom is -0.352 e. The lowest BCUT2D eigenvalue weighted by atomic mass is 10.2. The van der Waals surface area contributed by atoms with Crippen LogP contribution in [0.25, 0.3) is 0 Å². The number of nitrogens with one attached hydrogen (secondary N) is 2. The zero-order valence-electron chi connectivity index (χ0n) is 10.2. The fourth-order valence-electron chi connectivity index (χ4n) is 1.67. The number of hydrogen-bond acceptors (Lipinski definition) is 4. The summed E-state index contributed by atoms with van der Waals surface area (Å²) in [5.41, 5.74) is 0.608. The maximum absolute atomic E-state index is 11.4. The average Bonchev–Trinajstić information content (AvgIpc) is 3.14. The Morgan fingerprint density at radius 3 is 2.84 bits per heavy atom. The van der Waals surface area contributed by atoms with Crippen molar-refractivity contribution in [1.29, 1.82) is 0 Å². The number of halogens is 1. The van der Waals surface area contributed by atoms with Gasteiger partial charge in [0.1, 0.15) is 0 Å². The van der Waals surface area contributed by atoms with E-state index in [9.17, 15) is 14.9 Å². The number of rotatable bonds is 6. The first-order valence-electron chi connectivity index (χ1n) is 5.99. The van der Waals surface area contributed by atoms with E-state index in [1.54, 1.807) is 12.1 Å². The van der Waals surface area contributed by atoms with Crippen LogP contribution in [0.1, 0.15) is 18.4 Å². The molecule has 0 unspecified atom stereocenters. The number of benzene rings is 1. The Morgan fingerprint density at radius 1 is 1.47 bits per heavy atom. The van der Waals surface area contributed by atoms with Gasteiger partial charge in [-0.05, 0) is 25.0 Å². The highest BCUT2D eigenvalue weighted by molar-refractivity contribution is 9.10. The average molecular weight is 328 g/mol. The van der Waals surface area contributed by atoms with E-state index in [2.05, 4.69) is 26.6 Å². The highest BCUT2D eigenvalue weighted by Crippen LogP contribution is 2.23. The molecule has 0 radical (unpaired) electrons. The zero-order chi connectivity index (χ0) is 13.8. The lowest BCUT2D eigenvalue weighted by molar-refractivity contribution is -0.385. The molecular formula is C12H14BrN3O3. The summed E-state index contributed by atoms with van der Waals surface area (Å²) in [5, 5.41) is 16.7. The molecule has 6 nitrogen and oxygen atoms in total. The Bertz CT molecular complexity index is 503. The summed E-state index contributed by atoms with van der Waals surface area (Å²) in [6.07, 6.45) is 2.09. The van der Waals surface area contributed by atoms with Crippen molar-refractivity contribution in [2.24, 2.45) is 0 Å². The van der Waals surface area contributed by atoms with Gasteiger partial charge in [0, 0.05) is 28.7 Å². The number of nitro benzene ring substituents is 1. The Balaban J connectivity index is 1.87. The number of amides is 1. The quantitative estimate of drug-likeness (QED) is 0.615. The van der Waals surface area contributed by atoms with E-state index in [1.165, 1.54) is 6.07 Å². The molecule has 1 amide bonds. The second-order valence-corrected chi connectivity index (χ2v) is 5.39. The molecule has 19 heavy (non-hydrogen) atoms. The predicted octanol–water partition coefficient (Wildman–Crippen LogP) is 1.73. The minimum atomic E-state index is -0.425. The normalized spacial score (nSPS) is 14.2. The molecule has 0 heterocycles. The highest BCUT2D eigenvalue weighted by Gasteiger charge is 2.23. The lowest BCUT2D eigenvalue weighted by Gasteiger charge is -2.06. The maximum atomic E-state index is 11.4. The molecule has 0 bridgehead atoms. The number of carbonyl (C=O) groups is 1. The van der Waals surface area contributed by atoms with Gasteiger partial charge in [-0.15, -0.1) is 0 Å². The van der Waals surface area contributed by atoms with E-state index in [-0.39, 0.29) is 18.1 Å². The summed E-state index contributed by atoms with van der Waals surface area (Å²) in [6, 6.07) is 5.21. The van der Waals surface area contributed by atoms with Crippen molar-refractivity contribution in [2.75, 3.05) is 6.54 Å². The van der Waals surface area contributed by atoms with E-state index in [0.29, 0.717) is 22.6 Å². The lowest BCUT2D eigenvalue weighted by Crippen LogP contribution is -2.34. The number of nitrogens with zero attached hydrogens (tertiary/aromatic N) is 1. The minimum absolute atomic E-state index is 0.0458. The van der Waals surface area contributed by atoms with Gasteiger partial charge >= 0.3 is 0 Å². The van der Waals surface area contributed by atoms with Gasteiger partial charge < -0.3 is 10.6 Å². The molecule has 0 atom stereocenters. The van der Waals surface area contributed by atoms with Gasteiger partial charge in [0.25, 0.3) is 5.69 Å². The Hall–Kier alpha value is -1.47. The van der Waals surface area contributed by atoms with Crippen LogP contribution >= 0.6 is 15.9 Å². The number of nitro groups is 1. The van der Waals surface area contributed by atoms with E-state index in [0.717, 1.165) is 12.8 Å². The van der Waals surface area contributed by atoms with E-state index in [1.807, 2.05) is 0 Å². The van der Waals surface area contributed by atoms with Crippen LogP contribution in [0.5, 0.6) is 0 Å². The van der Waals surface area contributed by atoms with Crippen molar-refractivity contribution >= 4 is 27.5 Å². The molecule has 1 fully saturated rings. The second-order valence-electron chi connectivity index (χ2n) is 4.48. The summed E-state index contributed by atoms with van der Waals surface area (Å²) >= 11 is 3.20. The first-order chi connectivity index (χ1) is 9.06. The molecule has 1 saturated carbocycles. The van der Waals surface area contributed by atoms with Crippen LogP contribution < -0.4 is 10.6 Å². The third kappa shape index (κ3) is 4.29. The van der Waals surface area contributed by atoms with E-state index in [4.69, 9.17) is 0 Å². The molecule has 0 aromatic heterocycles. The predicted molar refractivity (Wildman–Crippen MR) is 73.7 cm³/mol. The van der Waals surface area contributed by atoms with Crippen molar-refractivity contribution in [3.63, 3.8) is 0 Å². The van der Waals surface area contributed by atoms with Gasteiger partial charge in [-0.25, -0.2) is 0 Å². The molecule has 0 saturated heterocycles. The summed E-state index contributed by atoms with van der Waals surface area (Å²) in [6.45, 7) is 0.464. The third-order valence-electron chi connectivity index (χ3n) is 2.79. The Kier molecular flexibility index (Phi) is 4.49. The summed E-state index contributed by atoms with van der Waals surface area (Å²) in [7, 11) is 0. The van der Waals surface area contributed by atoms with Crippen molar-refractivity contribution in [1.82, 2.24) is 10.6 Å². The summed E-state index contributed by atoms with van der Waals surface area (Å²) < 4.78 is 0.662. The van der Waals surface area contributed by atoms with Gasteiger partial charge in [0.2, 0.25) is 5.91 Å². The Morgan fingerprint density at radius 2 is 2.21 bits per heavy atom. The standard InChI is InChI=1S/C12H14BrN3O3/c13-9-2-1-8(11(5-9)16(18)19)6-14-7-12(17)15-10-3-4-10/h1-2,5,10,14H,3-4,6-7H2,(H,15,17). The van der Waals surface area contributed by atoms with Crippen LogP contribution in [0.3, 0.4) is 0 Å². The topological polar surface area (TPSA) is 84.3 Å². The van der Waals surface area contributed by atoms with Crippen LogP contribution in [-0.4, -0.2) is 23.4 Å². The van der Waals surface area contributed by atoms with Crippen molar-refractivity contribution in [2.45, 2.75) is 25.4 Å². The number of carbonyl (C=O) groups excluding carboxylic acids is 1.